The largest absolute Gasteiger partial charge is 0.347 e. The smallest absolute Gasteiger partial charge is 0.235 e. The minimum atomic E-state index is -0.118. The Morgan fingerprint density at radius 3 is 2.59 bits per heavy atom. The van der Waals surface area contributed by atoms with E-state index in [0.29, 0.717) is 6.04 Å². The zero-order valence-electron chi connectivity index (χ0n) is 13.5. The fraction of sp³-hybridized carbons (Fsp3) is 0.588. The van der Waals surface area contributed by atoms with Gasteiger partial charge in [-0.1, -0.05) is 30.3 Å². The molecule has 122 valence electrons. The lowest BCUT2D eigenvalue weighted by Gasteiger charge is -2.37. The van der Waals surface area contributed by atoms with Gasteiger partial charge in [-0.05, 0) is 45.6 Å². The predicted molar refractivity (Wildman–Crippen MR) is 91.2 cm³/mol. The number of hydrogen-bond acceptors (Lipinski definition) is 3. The number of benzene rings is 1. The highest BCUT2D eigenvalue weighted by Crippen LogP contribution is 2.19. The monoisotopic (exact) mass is 323 g/mol. The van der Waals surface area contributed by atoms with Crippen molar-refractivity contribution in [3.8, 4) is 0 Å². The molecule has 1 aromatic rings. The quantitative estimate of drug-likeness (QED) is 0.814. The van der Waals surface area contributed by atoms with Gasteiger partial charge < -0.3 is 15.1 Å². The molecule has 1 heterocycles. The van der Waals surface area contributed by atoms with Crippen molar-refractivity contribution in [3.63, 3.8) is 0 Å². The Hall–Kier alpha value is -1.10. The highest BCUT2D eigenvalue weighted by molar-refractivity contribution is 6.27. The standard InChI is InChI=1S/C17H26ClN3O/c1-20-10-8-15(9-11-20)21(2)13-16(19-17(22)12-18)14-6-4-3-5-7-14/h3-7,15-16H,8-13H2,1-2H3,(H,19,22). The van der Waals surface area contributed by atoms with E-state index in [9.17, 15) is 4.79 Å². The van der Waals surface area contributed by atoms with Gasteiger partial charge in [0.1, 0.15) is 5.88 Å². The first-order valence-corrected chi connectivity index (χ1v) is 8.42. The molecule has 22 heavy (non-hydrogen) atoms. The Balaban J connectivity index is 2.01. The molecule has 2 rings (SSSR count). The molecule has 1 aromatic carbocycles. The summed E-state index contributed by atoms with van der Waals surface area (Å²) in [6.45, 7) is 3.08. The summed E-state index contributed by atoms with van der Waals surface area (Å²) in [6, 6.07) is 10.7. The number of nitrogens with zero attached hydrogens (tertiary/aromatic N) is 2. The molecule has 1 aliphatic heterocycles. The Bertz CT molecular complexity index is 460. The number of likely N-dealkylation sites (N-methyl/N-ethyl adjacent to an activating group) is 1. The average Bonchev–Trinajstić information content (AvgIpc) is 2.55. The Labute approximate surface area is 138 Å². The molecule has 1 saturated heterocycles. The second-order valence-electron chi connectivity index (χ2n) is 6.14. The van der Waals surface area contributed by atoms with Gasteiger partial charge in [0.15, 0.2) is 0 Å². The number of rotatable bonds is 6. The van der Waals surface area contributed by atoms with Gasteiger partial charge in [0.25, 0.3) is 0 Å². The number of alkyl halides is 1. The number of halogens is 1. The maximum atomic E-state index is 11.7. The maximum Gasteiger partial charge on any atom is 0.235 e. The molecule has 1 fully saturated rings. The Morgan fingerprint density at radius 2 is 2.00 bits per heavy atom. The van der Waals surface area contributed by atoms with Crippen molar-refractivity contribution in [1.82, 2.24) is 15.1 Å². The van der Waals surface area contributed by atoms with Crippen molar-refractivity contribution < 1.29 is 4.79 Å². The van der Waals surface area contributed by atoms with Crippen molar-refractivity contribution in [2.75, 3.05) is 39.6 Å². The number of hydrogen-bond donors (Lipinski definition) is 1. The van der Waals surface area contributed by atoms with Crippen LogP contribution in [0, 0.1) is 0 Å². The first-order valence-electron chi connectivity index (χ1n) is 7.89. The van der Waals surface area contributed by atoms with E-state index in [0.717, 1.165) is 25.2 Å². The summed E-state index contributed by atoms with van der Waals surface area (Å²) in [7, 11) is 4.32. The summed E-state index contributed by atoms with van der Waals surface area (Å²) in [5, 5.41) is 3.04. The van der Waals surface area contributed by atoms with E-state index in [1.54, 1.807) is 0 Å². The van der Waals surface area contributed by atoms with E-state index in [4.69, 9.17) is 11.6 Å². The van der Waals surface area contributed by atoms with Gasteiger partial charge in [-0.25, -0.2) is 0 Å². The summed E-state index contributed by atoms with van der Waals surface area (Å²) in [5.74, 6) is -0.117. The van der Waals surface area contributed by atoms with Crippen molar-refractivity contribution in [2.45, 2.75) is 24.9 Å². The van der Waals surface area contributed by atoms with Crippen LogP contribution in [0.2, 0.25) is 0 Å². The average molecular weight is 324 g/mol. The van der Waals surface area contributed by atoms with Crippen LogP contribution < -0.4 is 5.32 Å². The van der Waals surface area contributed by atoms with Crippen LogP contribution in [0.25, 0.3) is 0 Å². The van der Waals surface area contributed by atoms with Gasteiger partial charge in [0, 0.05) is 12.6 Å². The normalized spacial score (nSPS) is 18.4. The molecule has 1 amide bonds. The third-order valence-electron chi connectivity index (χ3n) is 4.44. The number of carbonyl (C=O) groups is 1. The van der Waals surface area contributed by atoms with Crippen LogP contribution in [0.3, 0.4) is 0 Å². The molecule has 0 saturated carbocycles. The number of carbonyl (C=O) groups excluding carboxylic acids is 1. The Kier molecular flexibility index (Phi) is 6.68. The number of likely N-dealkylation sites (tertiary alicyclic amines) is 1. The highest BCUT2D eigenvalue weighted by atomic mass is 35.5. The fourth-order valence-corrected chi connectivity index (χ4v) is 3.10. The van der Waals surface area contributed by atoms with E-state index in [2.05, 4.69) is 41.3 Å². The second-order valence-corrected chi connectivity index (χ2v) is 6.41. The molecule has 1 aliphatic rings. The van der Waals surface area contributed by atoms with Crippen LogP contribution in [0.1, 0.15) is 24.4 Å². The third-order valence-corrected chi connectivity index (χ3v) is 4.68. The van der Waals surface area contributed by atoms with Crippen LogP contribution in [0.5, 0.6) is 0 Å². The first kappa shape index (κ1) is 17.3. The molecule has 0 radical (unpaired) electrons. The van der Waals surface area contributed by atoms with Gasteiger partial charge >= 0.3 is 0 Å². The molecular formula is C17H26ClN3O. The second kappa shape index (κ2) is 8.51. The van der Waals surface area contributed by atoms with Gasteiger partial charge in [-0.3, -0.25) is 4.79 Å². The predicted octanol–water partition coefficient (Wildman–Crippen LogP) is 2.11. The molecular weight excluding hydrogens is 298 g/mol. The van der Waals surface area contributed by atoms with Crippen molar-refractivity contribution >= 4 is 17.5 Å². The Morgan fingerprint density at radius 1 is 1.36 bits per heavy atom. The lowest BCUT2D eigenvalue weighted by molar-refractivity contribution is -0.119. The van der Waals surface area contributed by atoms with Crippen LogP contribution in [0.15, 0.2) is 30.3 Å². The van der Waals surface area contributed by atoms with Crippen LogP contribution in [-0.2, 0) is 4.79 Å². The van der Waals surface area contributed by atoms with E-state index in [1.807, 2.05) is 18.2 Å². The van der Waals surface area contributed by atoms with E-state index in [1.165, 1.54) is 12.8 Å². The number of nitrogens with one attached hydrogen (secondary N) is 1. The zero-order valence-corrected chi connectivity index (χ0v) is 14.2. The molecule has 1 unspecified atom stereocenters. The summed E-state index contributed by atoms with van der Waals surface area (Å²) in [6.07, 6.45) is 2.36. The van der Waals surface area contributed by atoms with Crippen molar-refractivity contribution in [1.29, 1.82) is 0 Å². The third kappa shape index (κ3) is 4.97. The van der Waals surface area contributed by atoms with Crippen LogP contribution in [0.4, 0.5) is 0 Å². The molecule has 1 atom stereocenters. The minimum Gasteiger partial charge on any atom is -0.347 e. The fourth-order valence-electron chi connectivity index (χ4n) is 3.03. The van der Waals surface area contributed by atoms with E-state index >= 15 is 0 Å². The van der Waals surface area contributed by atoms with Crippen LogP contribution in [-0.4, -0.2) is 61.4 Å². The van der Waals surface area contributed by atoms with Crippen molar-refractivity contribution in [2.24, 2.45) is 0 Å². The van der Waals surface area contributed by atoms with E-state index in [-0.39, 0.29) is 17.8 Å². The molecule has 4 nitrogen and oxygen atoms in total. The number of piperidine rings is 1. The van der Waals surface area contributed by atoms with Gasteiger partial charge in [0.05, 0.1) is 6.04 Å². The molecule has 1 N–H and O–H groups in total. The van der Waals surface area contributed by atoms with Gasteiger partial charge in [-0.15, -0.1) is 11.6 Å². The molecule has 0 bridgehead atoms. The SMILES string of the molecule is CN1CCC(N(C)CC(NC(=O)CCl)c2ccccc2)CC1. The van der Waals surface area contributed by atoms with Crippen molar-refractivity contribution in [3.05, 3.63) is 35.9 Å². The van der Waals surface area contributed by atoms with Gasteiger partial charge in [-0.2, -0.15) is 0 Å². The number of amides is 1. The lowest BCUT2D eigenvalue weighted by atomic mass is 10.0. The summed E-state index contributed by atoms with van der Waals surface area (Å²) in [5.41, 5.74) is 1.13. The highest BCUT2D eigenvalue weighted by Gasteiger charge is 2.24. The van der Waals surface area contributed by atoms with Crippen LogP contribution >= 0.6 is 11.6 Å². The maximum absolute atomic E-state index is 11.7. The molecule has 0 aliphatic carbocycles. The topological polar surface area (TPSA) is 35.6 Å². The minimum absolute atomic E-state index is 0.00126. The summed E-state index contributed by atoms with van der Waals surface area (Å²) in [4.78, 5) is 16.5. The molecule has 0 spiro atoms. The molecule has 5 heteroatoms. The molecule has 0 aromatic heterocycles. The van der Waals surface area contributed by atoms with E-state index < -0.39 is 0 Å². The van der Waals surface area contributed by atoms with Gasteiger partial charge in [0.2, 0.25) is 5.91 Å². The summed E-state index contributed by atoms with van der Waals surface area (Å²) >= 11 is 5.65. The summed E-state index contributed by atoms with van der Waals surface area (Å²) < 4.78 is 0. The first-order chi connectivity index (χ1) is 10.6. The zero-order chi connectivity index (χ0) is 15.9. The lowest BCUT2D eigenvalue weighted by Crippen LogP contribution is -2.45.